The number of rotatable bonds is 3. The smallest absolute Gasteiger partial charge is 0.245 e. The number of hydrogen-bond donors (Lipinski definition) is 0. The molecule has 0 radical (unpaired) electrons. The van der Waals surface area contributed by atoms with Crippen LogP contribution in [0.25, 0.3) is 0 Å². The van der Waals surface area contributed by atoms with Gasteiger partial charge in [-0.25, -0.2) is 0 Å². The molecule has 4 rings (SSSR count). The molecule has 0 bridgehead atoms. The Labute approximate surface area is 162 Å². The number of carbonyl (C=O) groups excluding carboxylic acids is 2. The molecule has 146 valence electrons. The molecule has 5 heteroatoms. The van der Waals surface area contributed by atoms with E-state index in [0.717, 1.165) is 71.0 Å². The van der Waals surface area contributed by atoms with Crippen LogP contribution in [-0.2, 0) is 9.59 Å². The van der Waals surface area contributed by atoms with Crippen molar-refractivity contribution in [2.24, 2.45) is 5.92 Å². The van der Waals surface area contributed by atoms with Crippen LogP contribution < -0.4 is 0 Å². The van der Waals surface area contributed by atoms with Crippen molar-refractivity contribution in [3.05, 3.63) is 30.1 Å². The maximum Gasteiger partial charge on any atom is 0.245 e. The molecule has 1 aromatic rings. The zero-order chi connectivity index (χ0) is 18.6. The fourth-order valence-corrected chi connectivity index (χ4v) is 5.15. The molecule has 1 aromatic heterocycles. The minimum atomic E-state index is -0.211. The van der Waals surface area contributed by atoms with E-state index in [4.69, 9.17) is 0 Å². The minimum Gasteiger partial charge on any atom is -0.341 e. The Hall–Kier alpha value is -1.91. The third-order valence-electron chi connectivity index (χ3n) is 6.76. The molecular formula is C22H31N3O2. The topological polar surface area (TPSA) is 53.5 Å². The molecule has 2 saturated heterocycles. The molecule has 2 amide bonds. The summed E-state index contributed by atoms with van der Waals surface area (Å²) in [6.07, 6.45) is 13.1. The molecule has 0 unspecified atom stereocenters. The van der Waals surface area contributed by atoms with Gasteiger partial charge in [-0.1, -0.05) is 19.3 Å². The van der Waals surface area contributed by atoms with E-state index in [1.807, 2.05) is 22.2 Å². The summed E-state index contributed by atoms with van der Waals surface area (Å²) in [5.74, 6) is 1.10. The van der Waals surface area contributed by atoms with Crippen molar-refractivity contribution in [3.8, 4) is 0 Å². The monoisotopic (exact) mass is 369 g/mol. The van der Waals surface area contributed by atoms with Gasteiger partial charge in [-0.3, -0.25) is 14.6 Å². The third kappa shape index (κ3) is 4.02. The third-order valence-corrected chi connectivity index (χ3v) is 6.76. The largest absolute Gasteiger partial charge is 0.341 e. The lowest BCUT2D eigenvalue weighted by Crippen LogP contribution is -2.51. The molecule has 5 nitrogen and oxygen atoms in total. The Morgan fingerprint density at radius 1 is 0.815 bits per heavy atom. The van der Waals surface area contributed by atoms with Crippen LogP contribution in [0.1, 0.15) is 69.3 Å². The second kappa shape index (κ2) is 8.41. The Balaban J connectivity index is 1.35. The molecule has 3 aliphatic rings. The molecule has 2 aliphatic heterocycles. The zero-order valence-electron chi connectivity index (χ0n) is 16.2. The summed E-state index contributed by atoms with van der Waals surface area (Å²) >= 11 is 0. The predicted molar refractivity (Wildman–Crippen MR) is 104 cm³/mol. The van der Waals surface area contributed by atoms with Crippen molar-refractivity contribution in [1.29, 1.82) is 0 Å². The molecule has 3 fully saturated rings. The average molecular weight is 370 g/mol. The Morgan fingerprint density at radius 2 is 1.52 bits per heavy atom. The van der Waals surface area contributed by atoms with Gasteiger partial charge in [0.05, 0.1) is 0 Å². The average Bonchev–Trinajstić information content (AvgIpc) is 3.24. The van der Waals surface area contributed by atoms with Gasteiger partial charge in [-0.05, 0) is 62.1 Å². The molecule has 1 aliphatic carbocycles. The predicted octanol–water partition coefficient (Wildman–Crippen LogP) is 3.36. The summed E-state index contributed by atoms with van der Waals surface area (Å²) in [7, 11) is 0. The van der Waals surface area contributed by atoms with Crippen LogP contribution in [-0.4, -0.2) is 52.3 Å². The highest BCUT2D eigenvalue weighted by Gasteiger charge is 2.39. The van der Waals surface area contributed by atoms with E-state index in [1.54, 1.807) is 0 Å². The van der Waals surface area contributed by atoms with Gasteiger partial charge in [-0.15, -0.1) is 0 Å². The number of piperidine rings is 1. The van der Waals surface area contributed by atoms with Crippen molar-refractivity contribution in [2.45, 2.75) is 69.7 Å². The summed E-state index contributed by atoms with van der Waals surface area (Å²) in [4.78, 5) is 34.2. The number of aromatic nitrogens is 1. The Kier molecular flexibility index (Phi) is 5.74. The second-order valence-corrected chi connectivity index (χ2v) is 8.40. The summed E-state index contributed by atoms with van der Waals surface area (Å²) in [6.45, 7) is 2.36. The van der Waals surface area contributed by atoms with Gasteiger partial charge in [0.25, 0.3) is 0 Å². The maximum absolute atomic E-state index is 13.2. The van der Waals surface area contributed by atoms with Crippen LogP contribution in [0.4, 0.5) is 0 Å². The van der Waals surface area contributed by atoms with E-state index in [-0.39, 0.29) is 23.8 Å². The molecule has 0 spiro atoms. The summed E-state index contributed by atoms with van der Waals surface area (Å²) in [6, 6.07) is 3.96. The van der Waals surface area contributed by atoms with Crippen LogP contribution in [0.15, 0.2) is 24.5 Å². The van der Waals surface area contributed by atoms with Crippen LogP contribution in [0.2, 0.25) is 0 Å². The summed E-state index contributed by atoms with van der Waals surface area (Å²) in [5, 5.41) is 0. The Morgan fingerprint density at radius 3 is 2.22 bits per heavy atom. The number of hydrogen-bond acceptors (Lipinski definition) is 3. The fraction of sp³-hybridized carbons (Fsp3) is 0.682. The van der Waals surface area contributed by atoms with E-state index in [9.17, 15) is 9.59 Å². The lowest BCUT2D eigenvalue weighted by molar-refractivity contribution is -0.147. The fourth-order valence-electron chi connectivity index (χ4n) is 5.15. The number of nitrogens with zero attached hydrogens (tertiary/aromatic N) is 3. The highest BCUT2D eigenvalue weighted by Crippen LogP contribution is 2.31. The first-order valence-electron chi connectivity index (χ1n) is 10.7. The lowest BCUT2D eigenvalue weighted by atomic mass is 9.88. The standard InChI is InChI=1S/C22H31N3O2/c26-21(19-5-2-1-3-6-19)25-14-4-7-20(25)22(27)24-15-10-18(11-16-24)17-8-12-23-13-9-17/h8-9,12-13,18-20H,1-7,10-11,14-16H2/t20-/m0/s1. The van der Waals surface area contributed by atoms with Gasteiger partial charge in [0.1, 0.15) is 6.04 Å². The van der Waals surface area contributed by atoms with E-state index >= 15 is 0 Å². The van der Waals surface area contributed by atoms with Gasteiger partial charge in [-0.2, -0.15) is 0 Å². The molecule has 3 heterocycles. The highest BCUT2D eigenvalue weighted by atomic mass is 16.2. The van der Waals surface area contributed by atoms with Crippen molar-refractivity contribution < 1.29 is 9.59 Å². The maximum atomic E-state index is 13.2. The van der Waals surface area contributed by atoms with Crippen molar-refractivity contribution >= 4 is 11.8 Å². The van der Waals surface area contributed by atoms with Gasteiger partial charge in [0, 0.05) is 37.9 Å². The number of carbonyl (C=O) groups is 2. The Bertz CT molecular complexity index is 649. The molecule has 1 saturated carbocycles. The van der Waals surface area contributed by atoms with Gasteiger partial charge in [0.2, 0.25) is 11.8 Å². The normalized spacial score (nSPS) is 25.0. The van der Waals surface area contributed by atoms with Crippen molar-refractivity contribution in [3.63, 3.8) is 0 Å². The first-order chi connectivity index (χ1) is 13.2. The zero-order valence-corrected chi connectivity index (χ0v) is 16.2. The molecule has 1 atom stereocenters. The highest BCUT2D eigenvalue weighted by molar-refractivity contribution is 5.89. The van der Waals surface area contributed by atoms with Gasteiger partial charge < -0.3 is 9.80 Å². The molecule has 0 aromatic carbocycles. The van der Waals surface area contributed by atoms with Crippen LogP contribution in [0.5, 0.6) is 0 Å². The summed E-state index contributed by atoms with van der Waals surface area (Å²) < 4.78 is 0. The van der Waals surface area contributed by atoms with Gasteiger partial charge >= 0.3 is 0 Å². The van der Waals surface area contributed by atoms with Gasteiger partial charge in [0.15, 0.2) is 0 Å². The van der Waals surface area contributed by atoms with Crippen LogP contribution in [0, 0.1) is 5.92 Å². The number of pyridine rings is 1. The first kappa shape index (κ1) is 18.5. The van der Waals surface area contributed by atoms with E-state index in [2.05, 4.69) is 17.1 Å². The minimum absolute atomic E-state index is 0.157. The molecular weight excluding hydrogens is 338 g/mol. The quantitative estimate of drug-likeness (QED) is 0.821. The second-order valence-electron chi connectivity index (χ2n) is 8.40. The number of likely N-dealkylation sites (tertiary alicyclic amines) is 2. The first-order valence-corrected chi connectivity index (χ1v) is 10.7. The van der Waals surface area contributed by atoms with Crippen LogP contribution >= 0.6 is 0 Å². The van der Waals surface area contributed by atoms with E-state index in [1.165, 1.54) is 12.0 Å². The summed E-state index contributed by atoms with van der Waals surface area (Å²) in [5.41, 5.74) is 1.33. The van der Waals surface area contributed by atoms with E-state index < -0.39 is 0 Å². The van der Waals surface area contributed by atoms with Crippen molar-refractivity contribution in [1.82, 2.24) is 14.8 Å². The molecule has 27 heavy (non-hydrogen) atoms. The number of amides is 2. The lowest BCUT2D eigenvalue weighted by Gasteiger charge is -2.36. The SMILES string of the molecule is O=C([C@@H]1CCCN1C(=O)C1CCCCC1)N1CCC(c2ccncc2)CC1. The van der Waals surface area contributed by atoms with Crippen molar-refractivity contribution in [2.75, 3.05) is 19.6 Å². The van der Waals surface area contributed by atoms with Crippen LogP contribution in [0.3, 0.4) is 0 Å². The molecule has 0 N–H and O–H groups in total. The van der Waals surface area contributed by atoms with E-state index in [0.29, 0.717) is 5.92 Å².